The molecule has 0 radical (unpaired) electrons. The minimum absolute atomic E-state index is 0.188. The second-order valence-corrected chi connectivity index (χ2v) is 7.60. The first-order valence-corrected chi connectivity index (χ1v) is 10.6. The van der Waals surface area contributed by atoms with E-state index in [-0.39, 0.29) is 24.6 Å². The van der Waals surface area contributed by atoms with E-state index in [1.807, 2.05) is 77.6 Å². The fourth-order valence-corrected chi connectivity index (χ4v) is 3.75. The molecule has 1 amide bonds. The number of carbonyl (C=O) groups is 1. The highest BCUT2D eigenvalue weighted by Gasteiger charge is 2.13. The minimum Gasteiger partial charge on any atom is -0.346 e. The van der Waals surface area contributed by atoms with E-state index in [9.17, 15) is 9.59 Å². The van der Waals surface area contributed by atoms with Crippen LogP contribution in [-0.2, 0) is 13.1 Å². The highest BCUT2D eigenvalue weighted by Crippen LogP contribution is 2.14. The third-order valence-electron chi connectivity index (χ3n) is 5.43. The molecule has 3 aromatic heterocycles. The largest absolute Gasteiger partial charge is 0.346 e. The Morgan fingerprint density at radius 2 is 1.58 bits per heavy atom. The van der Waals surface area contributed by atoms with Crippen molar-refractivity contribution in [1.82, 2.24) is 24.6 Å². The van der Waals surface area contributed by atoms with Gasteiger partial charge in [-0.05, 0) is 54.6 Å². The Morgan fingerprint density at radius 3 is 2.30 bits per heavy atom. The molecular weight excluding hydrogens is 414 g/mol. The van der Waals surface area contributed by atoms with Crippen LogP contribution < -0.4 is 10.9 Å². The molecule has 0 aliphatic heterocycles. The first-order chi connectivity index (χ1) is 16.2. The Hall–Kier alpha value is -4.52. The molecule has 162 valence electrons. The summed E-state index contributed by atoms with van der Waals surface area (Å²) < 4.78 is 3.38. The summed E-state index contributed by atoms with van der Waals surface area (Å²) in [5.41, 5.74) is 2.70. The van der Waals surface area contributed by atoms with E-state index >= 15 is 0 Å². The minimum atomic E-state index is -0.206. The topological polar surface area (TPSA) is 81.8 Å². The lowest BCUT2D eigenvalue weighted by atomic mass is 10.1. The maximum Gasteiger partial charge on any atom is 0.275 e. The molecule has 0 bridgehead atoms. The van der Waals surface area contributed by atoms with Crippen molar-refractivity contribution in [3.05, 3.63) is 125 Å². The molecular formula is C26H21N5O2. The van der Waals surface area contributed by atoms with Crippen LogP contribution in [0.5, 0.6) is 0 Å². The quantitative estimate of drug-likeness (QED) is 0.442. The molecule has 0 saturated carbocycles. The van der Waals surface area contributed by atoms with Crippen molar-refractivity contribution >= 4 is 16.7 Å². The summed E-state index contributed by atoms with van der Waals surface area (Å²) in [4.78, 5) is 30.0. The van der Waals surface area contributed by atoms with Gasteiger partial charge in [0, 0.05) is 35.2 Å². The number of rotatable bonds is 6. The van der Waals surface area contributed by atoms with Crippen LogP contribution in [0.1, 0.15) is 21.7 Å². The first-order valence-electron chi connectivity index (χ1n) is 10.6. The van der Waals surface area contributed by atoms with Crippen molar-refractivity contribution < 1.29 is 4.79 Å². The molecule has 0 unspecified atom stereocenters. The van der Waals surface area contributed by atoms with Gasteiger partial charge in [0.2, 0.25) is 0 Å². The maximum atomic E-state index is 13.0. The van der Waals surface area contributed by atoms with E-state index in [1.54, 1.807) is 24.4 Å². The predicted molar refractivity (Wildman–Crippen MR) is 126 cm³/mol. The average molecular weight is 435 g/mol. The van der Waals surface area contributed by atoms with Crippen molar-refractivity contribution in [2.24, 2.45) is 0 Å². The Kier molecular flexibility index (Phi) is 5.51. The summed E-state index contributed by atoms with van der Waals surface area (Å²) in [6, 6.07) is 24.1. The smallest absolute Gasteiger partial charge is 0.275 e. The van der Waals surface area contributed by atoms with Crippen LogP contribution in [0.4, 0.5) is 0 Å². The summed E-state index contributed by atoms with van der Waals surface area (Å²) in [5, 5.41) is 8.77. The van der Waals surface area contributed by atoms with Gasteiger partial charge in [-0.25, -0.2) is 4.68 Å². The van der Waals surface area contributed by atoms with E-state index in [0.717, 1.165) is 16.8 Å². The molecule has 0 saturated heterocycles. The number of fused-ring (bicyclic) bond motifs is 1. The molecule has 0 atom stereocenters. The van der Waals surface area contributed by atoms with E-state index in [2.05, 4.69) is 15.4 Å². The van der Waals surface area contributed by atoms with Crippen molar-refractivity contribution in [1.29, 1.82) is 0 Å². The lowest BCUT2D eigenvalue weighted by Gasteiger charge is -2.12. The fraction of sp³-hybridized carbons (Fsp3) is 0.0769. The summed E-state index contributed by atoms with van der Waals surface area (Å²) in [6.45, 7) is 0.452. The summed E-state index contributed by atoms with van der Waals surface area (Å²) >= 11 is 0. The van der Waals surface area contributed by atoms with Gasteiger partial charge in [-0.3, -0.25) is 14.6 Å². The molecule has 0 spiro atoms. The molecule has 5 rings (SSSR count). The van der Waals surface area contributed by atoms with E-state index in [0.29, 0.717) is 16.6 Å². The Labute approximate surface area is 190 Å². The van der Waals surface area contributed by atoms with Gasteiger partial charge in [0.25, 0.3) is 11.5 Å². The predicted octanol–water partition coefficient (Wildman–Crippen LogP) is 3.56. The van der Waals surface area contributed by atoms with E-state index < -0.39 is 0 Å². The van der Waals surface area contributed by atoms with Gasteiger partial charge in [-0.1, -0.05) is 24.3 Å². The zero-order valence-electron chi connectivity index (χ0n) is 17.8. The Balaban J connectivity index is 1.39. The Bertz CT molecular complexity index is 1460. The molecule has 33 heavy (non-hydrogen) atoms. The van der Waals surface area contributed by atoms with Crippen LogP contribution in [0.25, 0.3) is 16.5 Å². The van der Waals surface area contributed by atoms with Gasteiger partial charge in [0.05, 0.1) is 29.9 Å². The number of hydrogen-bond donors (Lipinski definition) is 1. The number of nitrogens with one attached hydrogen (secondary N) is 1. The lowest BCUT2D eigenvalue weighted by Crippen LogP contribution is -2.29. The number of hydrogen-bond acceptors (Lipinski definition) is 4. The maximum absolute atomic E-state index is 13.0. The lowest BCUT2D eigenvalue weighted by molar-refractivity contribution is 0.0950. The average Bonchev–Trinajstić information content (AvgIpc) is 3.41. The summed E-state index contributed by atoms with van der Waals surface area (Å²) in [6.07, 6.45) is 5.58. The van der Waals surface area contributed by atoms with Gasteiger partial charge in [0.15, 0.2) is 0 Å². The highest BCUT2D eigenvalue weighted by atomic mass is 16.1. The molecule has 0 aliphatic carbocycles. The van der Waals surface area contributed by atoms with Crippen LogP contribution in [0.2, 0.25) is 0 Å². The standard InChI is InChI=1S/C26H21N5O2/c32-25(19-10-12-21(13-11-19)30-15-5-6-16-30)28-17-24-22-8-1-2-9-23(22)26(33)31(29-24)18-20-7-3-4-14-27-20/h1-16H,17-18H2,(H,28,32). The van der Waals surface area contributed by atoms with Crippen LogP contribution in [-0.4, -0.2) is 25.2 Å². The molecule has 1 N–H and O–H groups in total. The number of nitrogens with zero attached hydrogens (tertiary/aromatic N) is 4. The summed E-state index contributed by atoms with van der Waals surface area (Å²) in [7, 11) is 0. The second-order valence-electron chi connectivity index (χ2n) is 7.60. The van der Waals surface area contributed by atoms with Gasteiger partial charge in [-0.15, -0.1) is 0 Å². The van der Waals surface area contributed by atoms with Crippen molar-refractivity contribution in [3.8, 4) is 5.69 Å². The van der Waals surface area contributed by atoms with Crippen molar-refractivity contribution in [3.63, 3.8) is 0 Å². The summed E-state index contributed by atoms with van der Waals surface area (Å²) in [5.74, 6) is -0.206. The number of pyridine rings is 1. The van der Waals surface area contributed by atoms with Crippen molar-refractivity contribution in [2.75, 3.05) is 0 Å². The van der Waals surface area contributed by atoms with E-state index in [4.69, 9.17) is 0 Å². The van der Waals surface area contributed by atoms with Crippen LogP contribution in [0.15, 0.2) is 102 Å². The van der Waals surface area contributed by atoms with Gasteiger partial charge < -0.3 is 9.88 Å². The second kappa shape index (κ2) is 8.92. The number of aromatic nitrogens is 4. The molecule has 0 fully saturated rings. The monoisotopic (exact) mass is 435 g/mol. The molecule has 0 aliphatic rings. The van der Waals surface area contributed by atoms with E-state index in [1.165, 1.54) is 4.68 Å². The van der Waals surface area contributed by atoms with Crippen LogP contribution in [0.3, 0.4) is 0 Å². The third-order valence-corrected chi connectivity index (χ3v) is 5.43. The molecule has 3 heterocycles. The molecule has 5 aromatic rings. The molecule has 2 aromatic carbocycles. The van der Waals surface area contributed by atoms with Gasteiger partial charge in [0.1, 0.15) is 0 Å². The number of carbonyl (C=O) groups excluding carboxylic acids is 1. The van der Waals surface area contributed by atoms with Crippen molar-refractivity contribution in [2.45, 2.75) is 13.1 Å². The third kappa shape index (κ3) is 4.29. The zero-order chi connectivity index (χ0) is 22.6. The number of benzene rings is 2. The van der Waals surface area contributed by atoms with Gasteiger partial charge in [-0.2, -0.15) is 5.10 Å². The Morgan fingerprint density at radius 1 is 0.848 bits per heavy atom. The zero-order valence-corrected chi connectivity index (χ0v) is 17.8. The molecule has 7 nitrogen and oxygen atoms in total. The number of amides is 1. The SMILES string of the molecule is O=C(NCc1nn(Cc2ccccn2)c(=O)c2ccccc12)c1ccc(-n2cccc2)cc1. The highest BCUT2D eigenvalue weighted by molar-refractivity contribution is 5.94. The van der Waals surface area contributed by atoms with Crippen LogP contribution in [0, 0.1) is 0 Å². The normalized spacial score (nSPS) is 10.9. The first kappa shape index (κ1) is 20.4. The fourth-order valence-electron chi connectivity index (χ4n) is 3.75. The molecule has 7 heteroatoms. The van der Waals surface area contributed by atoms with Gasteiger partial charge >= 0.3 is 0 Å². The van der Waals surface area contributed by atoms with Crippen LogP contribution >= 0.6 is 0 Å².